The number of rotatable bonds is 3. The van der Waals surface area contributed by atoms with Gasteiger partial charge in [0, 0.05) is 34.3 Å². The third-order valence-corrected chi connectivity index (χ3v) is 11.1. The maximum Gasteiger partial charge on any atom is 0.223 e. The van der Waals surface area contributed by atoms with Crippen molar-refractivity contribution in [1.29, 1.82) is 0 Å². The zero-order valence-corrected chi connectivity index (χ0v) is 26.4. The van der Waals surface area contributed by atoms with Gasteiger partial charge in [-0.15, -0.1) is 11.3 Å². The number of aromatic nitrogens is 1. The monoisotopic (exact) mass is 621 g/mol. The second-order valence-electron chi connectivity index (χ2n) is 12.8. The van der Waals surface area contributed by atoms with Crippen LogP contribution in [0.25, 0.3) is 49.0 Å². The summed E-state index contributed by atoms with van der Waals surface area (Å²) in [4.78, 5) is 8.16. The predicted molar refractivity (Wildman–Crippen MR) is 186 cm³/mol. The van der Waals surface area contributed by atoms with Crippen molar-refractivity contribution in [2.45, 2.75) is 25.4 Å². The van der Waals surface area contributed by atoms with Crippen molar-refractivity contribution in [2.75, 3.05) is 16.8 Å². The number of allylic oxidation sites excluding steroid dienone is 2. The number of hydrogen-bond donors (Lipinski definition) is 0. The van der Waals surface area contributed by atoms with Crippen molar-refractivity contribution in [3.8, 4) is 33.4 Å². The largest absolute Gasteiger partial charge is 0.348 e. The van der Waals surface area contributed by atoms with E-state index >= 15 is 0 Å². The van der Waals surface area contributed by atoms with Gasteiger partial charge in [-0.1, -0.05) is 86.7 Å². The molecule has 224 valence electrons. The third-order valence-electron chi connectivity index (χ3n) is 9.90. The molecule has 46 heavy (non-hydrogen) atoms. The van der Waals surface area contributed by atoms with Crippen molar-refractivity contribution >= 4 is 37.7 Å². The number of anilines is 2. The van der Waals surface area contributed by atoms with Crippen molar-refractivity contribution in [1.82, 2.24) is 4.98 Å². The van der Waals surface area contributed by atoms with E-state index in [0.717, 1.165) is 22.3 Å². The maximum absolute atomic E-state index is 14.5. The van der Waals surface area contributed by atoms with Crippen molar-refractivity contribution in [2.24, 2.45) is 0 Å². The first kappa shape index (κ1) is 27.3. The molecule has 0 fully saturated rings. The van der Waals surface area contributed by atoms with E-state index in [4.69, 9.17) is 0 Å². The van der Waals surface area contributed by atoms with Gasteiger partial charge in [0.2, 0.25) is 11.9 Å². The standard InChI is InChI=1S/C40H29F2N3S/c1-40(2)32-20-25(12-15-29(32)30-16-13-26(21-33(30)40)28-17-18-35(41)43-38(28)42)23-8-10-24(11-9-23)27-14-19-36-44(3)37-31-6-4-5-7-34(31)46-39(37)45(36)22-27/h4-22,36H,1-3H3. The molecule has 2 aliphatic heterocycles. The summed E-state index contributed by atoms with van der Waals surface area (Å²) in [6.45, 7) is 4.42. The van der Waals surface area contributed by atoms with E-state index < -0.39 is 11.9 Å². The Morgan fingerprint density at radius 3 is 2.15 bits per heavy atom. The average Bonchev–Trinajstić information content (AvgIpc) is 3.66. The van der Waals surface area contributed by atoms with Crippen LogP contribution in [0.15, 0.2) is 115 Å². The Labute approximate surface area is 270 Å². The first-order chi connectivity index (χ1) is 22.3. The lowest BCUT2D eigenvalue weighted by atomic mass is 9.81. The second kappa shape index (κ2) is 9.71. The fraction of sp³-hybridized carbons (Fsp3) is 0.125. The molecule has 0 spiro atoms. The zero-order chi connectivity index (χ0) is 31.3. The summed E-state index contributed by atoms with van der Waals surface area (Å²) >= 11 is 1.85. The number of benzene rings is 4. The van der Waals surface area contributed by atoms with Crippen LogP contribution in [-0.4, -0.2) is 18.2 Å². The Balaban J connectivity index is 1.02. The zero-order valence-electron chi connectivity index (χ0n) is 25.6. The molecule has 1 aliphatic carbocycles. The van der Waals surface area contributed by atoms with Gasteiger partial charge in [-0.25, -0.2) is 0 Å². The van der Waals surface area contributed by atoms with E-state index in [2.05, 4.69) is 121 Å². The normalized spacial score (nSPS) is 17.2. The average molecular weight is 622 g/mol. The number of nitrogens with zero attached hydrogens (tertiary/aromatic N) is 3. The quantitative estimate of drug-likeness (QED) is 0.183. The van der Waals surface area contributed by atoms with Gasteiger partial charge in [0.1, 0.15) is 11.2 Å². The van der Waals surface area contributed by atoms with Crippen molar-refractivity contribution in [3.63, 3.8) is 0 Å². The molecule has 1 unspecified atom stereocenters. The topological polar surface area (TPSA) is 19.4 Å². The lowest BCUT2D eigenvalue weighted by Gasteiger charge is -2.29. The third kappa shape index (κ3) is 3.89. The summed E-state index contributed by atoms with van der Waals surface area (Å²) in [5, 5.41) is 2.60. The highest BCUT2D eigenvalue weighted by atomic mass is 32.1. The molecule has 4 aromatic carbocycles. The molecule has 3 nitrogen and oxygen atoms in total. The van der Waals surface area contributed by atoms with Gasteiger partial charge in [-0.3, -0.25) is 0 Å². The summed E-state index contributed by atoms with van der Waals surface area (Å²) in [7, 11) is 2.18. The predicted octanol–water partition coefficient (Wildman–Crippen LogP) is 10.4. The fourth-order valence-electron chi connectivity index (χ4n) is 7.45. The van der Waals surface area contributed by atoms with Crippen LogP contribution in [0.3, 0.4) is 0 Å². The number of thiophene rings is 1. The summed E-state index contributed by atoms with van der Waals surface area (Å²) in [5.74, 6) is -1.61. The molecular weight excluding hydrogens is 593 g/mol. The van der Waals surface area contributed by atoms with Gasteiger partial charge in [-0.05, 0) is 86.5 Å². The molecule has 0 N–H and O–H groups in total. The van der Waals surface area contributed by atoms with Crippen LogP contribution in [-0.2, 0) is 5.41 Å². The first-order valence-electron chi connectivity index (χ1n) is 15.4. The van der Waals surface area contributed by atoms with Crippen LogP contribution in [0.2, 0.25) is 0 Å². The van der Waals surface area contributed by atoms with E-state index in [1.807, 2.05) is 29.5 Å². The minimum Gasteiger partial charge on any atom is -0.348 e. The van der Waals surface area contributed by atoms with Gasteiger partial charge in [0.05, 0.1) is 5.69 Å². The van der Waals surface area contributed by atoms with E-state index in [1.165, 1.54) is 55.2 Å². The Bertz CT molecular complexity index is 2300. The molecule has 0 saturated carbocycles. The van der Waals surface area contributed by atoms with Crippen molar-refractivity contribution < 1.29 is 8.78 Å². The number of fused-ring (bicyclic) bond motifs is 8. The summed E-state index contributed by atoms with van der Waals surface area (Å²) < 4.78 is 29.3. The van der Waals surface area contributed by atoms with Crippen LogP contribution in [0, 0.1) is 11.9 Å². The molecule has 1 atom stereocenters. The smallest absolute Gasteiger partial charge is 0.223 e. The number of halogens is 2. The highest BCUT2D eigenvalue weighted by Gasteiger charge is 2.37. The number of pyridine rings is 1. The van der Waals surface area contributed by atoms with E-state index in [-0.39, 0.29) is 11.6 Å². The summed E-state index contributed by atoms with van der Waals surface area (Å²) in [5.41, 5.74) is 11.4. The molecule has 3 aliphatic rings. The molecule has 0 bridgehead atoms. The van der Waals surface area contributed by atoms with Gasteiger partial charge >= 0.3 is 0 Å². The maximum atomic E-state index is 14.5. The van der Waals surface area contributed by atoms with Crippen LogP contribution in [0.1, 0.15) is 30.5 Å². The Kier molecular flexibility index (Phi) is 5.76. The number of likely N-dealkylation sites (N-methyl/N-ethyl adjacent to an activating group) is 1. The highest BCUT2D eigenvalue weighted by Crippen LogP contribution is 2.53. The van der Waals surface area contributed by atoms with Gasteiger partial charge in [0.15, 0.2) is 0 Å². The van der Waals surface area contributed by atoms with Crippen LogP contribution >= 0.6 is 11.3 Å². The molecular formula is C40H29F2N3S. The Hall–Kier alpha value is -5.07. The fourth-order valence-corrected chi connectivity index (χ4v) is 8.70. The molecule has 4 heterocycles. The lowest BCUT2D eigenvalue weighted by Crippen LogP contribution is -2.38. The van der Waals surface area contributed by atoms with E-state index in [9.17, 15) is 8.78 Å². The van der Waals surface area contributed by atoms with Crippen LogP contribution in [0.4, 0.5) is 19.5 Å². The van der Waals surface area contributed by atoms with Crippen LogP contribution in [0.5, 0.6) is 0 Å². The molecule has 0 radical (unpaired) electrons. The van der Waals surface area contributed by atoms with Gasteiger partial charge in [0.25, 0.3) is 0 Å². The van der Waals surface area contributed by atoms with E-state index in [0.29, 0.717) is 11.1 Å². The van der Waals surface area contributed by atoms with Gasteiger partial charge in [-0.2, -0.15) is 13.8 Å². The minimum atomic E-state index is -0.818. The molecule has 6 aromatic rings. The van der Waals surface area contributed by atoms with Crippen LogP contribution < -0.4 is 9.80 Å². The Morgan fingerprint density at radius 1 is 0.739 bits per heavy atom. The molecule has 9 rings (SSSR count). The van der Waals surface area contributed by atoms with E-state index in [1.54, 1.807) is 0 Å². The summed E-state index contributed by atoms with van der Waals surface area (Å²) in [6, 6.07) is 32.8. The summed E-state index contributed by atoms with van der Waals surface area (Å²) in [6.07, 6.45) is 7.00. The molecule has 0 amide bonds. The highest BCUT2D eigenvalue weighted by molar-refractivity contribution is 7.23. The van der Waals surface area contributed by atoms with Gasteiger partial charge < -0.3 is 9.80 Å². The van der Waals surface area contributed by atoms with Crippen molar-refractivity contribution in [3.05, 3.63) is 144 Å². The SMILES string of the molecule is CN1c2c(sc3ccccc23)N2C=C(c3ccc(-c4ccc5c(c4)C(C)(C)c4cc(-c6ccc(F)nc6F)ccc4-5)cc3)C=CC12. The minimum absolute atomic E-state index is 0.190. The molecule has 0 saturated heterocycles. The Morgan fingerprint density at radius 2 is 1.39 bits per heavy atom. The number of hydrogen-bond acceptors (Lipinski definition) is 4. The molecule has 6 heteroatoms. The second-order valence-corrected chi connectivity index (χ2v) is 13.9. The first-order valence-corrected chi connectivity index (χ1v) is 16.2. The molecule has 2 aromatic heterocycles. The lowest BCUT2D eigenvalue weighted by molar-refractivity contribution is 0.515.